The van der Waals surface area contributed by atoms with Crippen molar-refractivity contribution in [3.8, 4) is 0 Å². The van der Waals surface area contributed by atoms with Crippen LogP contribution in [0.1, 0.15) is 45.4 Å². The molecule has 0 bridgehead atoms. The predicted octanol–water partition coefficient (Wildman–Crippen LogP) is 1.43. The van der Waals surface area contributed by atoms with E-state index in [1.807, 2.05) is 0 Å². The molecule has 0 aromatic heterocycles. The van der Waals surface area contributed by atoms with E-state index in [2.05, 4.69) is 16.7 Å². The van der Waals surface area contributed by atoms with Gasteiger partial charge < -0.3 is 5.73 Å². The predicted molar refractivity (Wildman–Crippen MR) is 71.0 cm³/mol. The molecule has 0 spiro atoms. The third kappa shape index (κ3) is 2.13. The minimum Gasteiger partial charge on any atom is -0.329 e. The highest BCUT2D eigenvalue weighted by molar-refractivity contribution is 5.05. The summed E-state index contributed by atoms with van der Waals surface area (Å²) in [6, 6.07) is 1.65. The summed E-state index contributed by atoms with van der Waals surface area (Å²) in [4.78, 5) is 5.45. The van der Waals surface area contributed by atoms with Gasteiger partial charge in [0.05, 0.1) is 0 Å². The Labute approximate surface area is 105 Å². The number of piperidine rings is 1. The molecule has 1 saturated carbocycles. The van der Waals surface area contributed by atoms with Crippen molar-refractivity contribution >= 4 is 0 Å². The molecule has 3 heteroatoms. The van der Waals surface area contributed by atoms with E-state index in [4.69, 9.17) is 5.73 Å². The zero-order valence-corrected chi connectivity index (χ0v) is 11.2. The van der Waals surface area contributed by atoms with Crippen LogP contribution in [0.5, 0.6) is 0 Å². The molecule has 0 aromatic carbocycles. The maximum atomic E-state index is 6.18. The lowest BCUT2D eigenvalue weighted by atomic mass is 9.90. The van der Waals surface area contributed by atoms with Crippen LogP contribution in [0.15, 0.2) is 0 Å². The monoisotopic (exact) mass is 237 g/mol. The largest absolute Gasteiger partial charge is 0.329 e. The summed E-state index contributed by atoms with van der Waals surface area (Å²) in [7, 11) is 0. The maximum absolute atomic E-state index is 6.18. The third-order valence-electron chi connectivity index (χ3n) is 5.22. The summed E-state index contributed by atoms with van der Waals surface area (Å²) in [6.45, 7) is 7.04. The van der Waals surface area contributed by atoms with Gasteiger partial charge in [0, 0.05) is 37.3 Å². The van der Waals surface area contributed by atoms with Crippen LogP contribution < -0.4 is 5.73 Å². The first kappa shape index (κ1) is 11.9. The molecule has 3 rings (SSSR count). The van der Waals surface area contributed by atoms with E-state index in [-0.39, 0.29) is 0 Å². The van der Waals surface area contributed by atoms with E-state index in [1.54, 1.807) is 0 Å². The van der Waals surface area contributed by atoms with Crippen LogP contribution in [0.4, 0.5) is 0 Å². The first-order valence-electron chi connectivity index (χ1n) is 7.46. The summed E-state index contributed by atoms with van der Waals surface area (Å²) >= 11 is 0. The molecule has 0 amide bonds. The van der Waals surface area contributed by atoms with Gasteiger partial charge in [0.25, 0.3) is 0 Å². The normalized spacial score (nSPS) is 40.9. The number of nitrogens with two attached hydrogens (primary N) is 1. The Morgan fingerprint density at radius 2 is 2.00 bits per heavy atom. The molecule has 3 fully saturated rings. The van der Waals surface area contributed by atoms with Crippen LogP contribution in [0.25, 0.3) is 0 Å². The van der Waals surface area contributed by atoms with E-state index < -0.39 is 0 Å². The second-order valence-corrected chi connectivity index (χ2v) is 6.42. The fourth-order valence-corrected chi connectivity index (χ4v) is 3.96. The zero-order chi connectivity index (χ0) is 11.9. The van der Waals surface area contributed by atoms with Crippen LogP contribution >= 0.6 is 0 Å². The molecular formula is C14H27N3. The Kier molecular flexibility index (Phi) is 3.18. The van der Waals surface area contributed by atoms with Crippen molar-refractivity contribution in [2.45, 2.75) is 63.1 Å². The highest BCUT2D eigenvalue weighted by Gasteiger charge is 2.47. The van der Waals surface area contributed by atoms with E-state index in [9.17, 15) is 0 Å². The summed E-state index contributed by atoms with van der Waals surface area (Å²) in [5, 5.41) is 0. The summed E-state index contributed by atoms with van der Waals surface area (Å²) in [6.07, 6.45) is 8.29. The first-order valence-corrected chi connectivity index (χ1v) is 7.46. The molecule has 98 valence electrons. The van der Waals surface area contributed by atoms with Gasteiger partial charge in [0.2, 0.25) is 0 Å². The topological polar surface area (TPSA) is 32.5 Å². The highest BCUT2D eigenvalue weighted by Crippen LogP contribution is 2.38. The average molecular weight is 237 g/mol. The second kappa shape index (κ2) is 4.52. The van der Waals surface area contributed by atoms with Gasteiger partial charge in [-0.2, -0.15) is 0 Å². The second-order valence-electron chi connectivity index (χ2n) is 6.42. The number of nitrogens with zero attached hydrogens (tertiary/aromatic N) is 2. The van der Waals surface area contributed by atoms with Gasteiger partial charge in [-0.15, -0.1) is 0 Å². The number of likely N-dealkylation sites (tertiary alicyclic amines) is 2. The molecule has 0 radical (unpaired) electrons. The lowest BCUT2D eigenvalue weighted by Crippen LogP contribution is -2.60. The molecular weight excluding hydrogens is 210 g/mol. The molecule has 1 aliphatic carbocycles. The smallest absolute Gasteiger partial charge is 0.0473 e. The summed E-state index contributed by atoms with van der Waals surface area (Å²) in [5.41, 5.74) is 6.48. The summed E-state index contributed by atoms with van der Waals surface area (Å²) < 4.78 is 0. The van der Waals surface area contributed by atoms with Gasteiger partial charge in [-0.25, -0.2) is 0 Å². The van der Waals surface area contributed by atoms with E-state index in [1.165, 1.54) is 58.2 Å². The molecule has 17 heavy (non-hydrogen) atoms. The van der Waals surface area contributed by atoms with Crippen molar-refractivity contribution in [3.05, 3.63) is 0 Å². The lowest BCUT2D eigenvalue weighted by molar-refractivity contribution is 0.0344. The molecule has 2 unspecified atom stereocenters. The molecule has 2 saturated heterocycles. The minimum absolute atomic E-state index is 0.308. The van der Waals surface area contributed by atoms with Gasteiger partial charge in [-0.05, 0) is 45.6 Å². The van der Waals surface area contributed by atoms with Gasteiger partial charge in [0.1, 0.15) is 0 Å². The van der Waals surface area contributed by atoms with Crippen molar-refractivity contribution in [1.29, 1.82) is 0 Å². The van der Waals surface area contributed by atoms with Crippen molar-refractivity contribution in [1.82, 2.24) is 9.80 Å². The van der Waals surface area contributed by atoms with Crippen LogP contribution in [-0.4, -0.2) is 53.6 Å². The van der Waals surface area contributed by atoms with Gasteiger partial charge in [0.15, 0.2) is 0 Å². The van der Waals surface area contributed by atoms with Crippen molar-refractivity contribution in [2.75, 3.05) is 26.2 Å². The highest BCUT2D eigenvalue weighted by atomic mass is 15.3. The van der Waals surface area contributed by atoms with Crippen LogP contribution in [0.3, 0.4) is 0 Å². The van der Waals surface area contributed by atoms with Crippen molar-refractivity contribution in [2.24, 2.45) is 5.73 Å². The Morgan fingerprint density at radius 3 is 2.65 bits per heavy atom. The Hall–Kier alpha value is -0.120. The quantitative estimate of drug-likeness (QED) is 0.806. The fraction of sp³-hybridized carbons (Fsp3) is 1.00. The molecule has 3 nitrogen and oxygen atoms in total. The Balaban J connectivity index is 1.72. The zero-order valence-electron chi connectivity index (χ0n) is 11.2. The standard InChI is InChI=1S/C14H27N3/c1-12-4-2-3-8-17(12)14(10-15)7-9-16(11-14)13-5-6-13/h12-13H,2-11,15H2,1H3. The van der Waals surface area contributed by atoms with E-state index in [0.717, 1.165) is 18.6 Å². The minimum atomic E-state index is 0.308. The van der Waals surface area contributed by atoms with Crippen molar-refractivity contribution in [3.63, 3.8) is 0 Å². The van der Waals surface area contributed by atoms with Gasteiger partial charge in [-0.3, -0.25) is 9.80 Å². The Bertz CT molecular complexity index is 277. The van der Waals surface area contributed by atoms with Crippen molar-refractivity contribution < 1.29 is 0 Å². The van der Waals surface area contributed by atoms with Crippen LogP contribution in [-0.2, 0) is 0 Å². The lowest BCUT2D eigenvalue weighted by Gasteiger charge is -2.46. The first-order chi connectivity index (χ1) is 8.25. The van der Waals surface area contributed by atoms with Crippen LogP contribution in [0, 0.1) is 0 Å². The molecule has 0 aromatic rings. The SMILES string of the molecule is CC1CCCCN1C1(CN)CCN(C2CC2)C1. The Morgan fingerprint density at radius 1 is 1.18 bits per heavy atom. The molecule has 2 aliphatic heterocycles. The molecule has 2 N–H and O–H groups in total. The van der Waals surface area contributed by atoms with Gasteiger partial charge >= 0.3 is 0 Å². The average Bonchev–Trinajstić information content (AvgIpc) is 3.11. The van der Waals surface area contributed by atoms with Crippen LogP contribution in [0.2, 0.25) is 0 Å². The molecule has 2 atom stereocenters. The third-order valence-corrected chi connectivity index (χ3v) is 5.22. The molecule has 2 heterocycles. The molecule has 3 aliphatic rings. The van der Waals surface area contributed by atoms with E-state index in [0.29, 0.717) is 5.54 Å². The summed E-state index contributed by atoms with van der Waals surface area (Å²) in [5.74, 6) is 0. The number of hydrogen-bond donors (Lipinski definition) is 1. The number of hydrogen-bond acceptors (Lipinski definition) is 3. The fourth-order valence-electron chi connectivity index (χ4n) is 3.96. The maximum Gasteiger partial charge on any atom is 0.0473 e. The van der Waals surface area contributed by atoms with Gasteiger partial charge in [-0.1, -0.05) is 6.42 Å². The van der Waals surface area contributed by atoms with E-state index >= 15 is 0 Å². The number of rotatable bonds is 3.